The zero-order valence-corrected chi connectivity index (χ0v) is 11.0. The highest BCUT2D eigenvalue weighted by Gasteiger charge is 2.16. The van der Waals surface area contributed by atoms with Crippen LogP contribution in [-0.4, -0.2) is 30.0 Å². The molecule has 1 aliphatic rings. The Balaban J connectivity index is 2.10. The minimum Gasteiger partial charge on any atom is -0.353 e. The highest BCUT2D eigenvalue weighted by Crippen LogP contribution is 2.17. The van der Waals surface area contributed by atoms with E-state index in [-0.39, 0.29) is 5.91 Å². The van der Waals surface area contributed by atoms with Gasteiger partial charge in [-0.2, -0.15) is 11.8 Å². The molecule has 3 N–H and O–H groups in total. The molecule has 1 unspecified atom stereocenters. The third-order valence-electron chi connectivity index (χ3n) is 3.11. The lowest BCUT2D eigenvalue weighted by molar-refractivity contribution is -0.122. The van der Waals surface area contributed by atoms with E-state index in [1.807, 2.05) is 11.8 Å². The highest BCUT2D eigenvalue weighted by atomic mass is 32.2. The van der Waals surface area contributed by atoms with Crippen molar-refractivity contribution in [2.45, 2.75) is 45.1 Å². The number of hydrogen-bond donors (Lipinski definition) is 2. The van der Waals surface area contributed by atoms with E-state index < -0.39 is 0 Å². The summed E-state index contributed by atoms with van der Waals surface area (Å²) >= 11 is 1.99. The predicted molar refractivity (Wildman–Crippen MR) is 70.6 cm³/mol. The number of carbonyl (C=O) groups excluding carboxylic acids is 1. The second-order valence-electron chi connectivity index (χ2n) is 4.68. The van der Waals surface area contributed by atoms with Crippen LogP contribution in [0.15, 0.2) is 0 Å². The molecule has 4 heteroatoms. The summed E-state index contributed by atoms with van der Waals surface area (Å²) in [6.45, 7) is 2.89. The highest BCUT2D eigenvalue weighted by molar-refractivity contribution is 7.99. The first-order valence-electron chi connectivity index (χ1n) is 6.29. The van der Waals surface area contributed by atoms with Gasteiger partial charge in [0.05, 0.1) is 0 Å². The van der Waals surface area contributed by atoms with Gasteiger partial charge in [0.1, 0.15) is 0 Å². The Kier molecular flexibility index (Phi) is 6.88. The van der Waals surface area contributed by atoms with E-state index in [9.17, 15) is 4.79 Å². The van der Waals surface area contributed by atoms with Crippen LogP contribution in [0.5, 0.6) is 0 Å². The lowest BCUT2D eigenvalue weighted by Crippen LogP contribution is -2.37. The van der Waals surface area contributed by atoms with Crippen molar-refractivity contribution < 1.29 is 4.79 Å². The van der Waals surface area contributed by atoms with Gasteiger partial charge in [-0.1, -0.05) is 6.92 Å². The second kappa shape index (κ2) is 7.96. The summed E-state index contributed by atoms with van der Waals surface area (Å²) in [7, 11) is 0. The lowest BCUT2D eigenvalue weighted by atomic mass is 10.0. The summed E-state index contributed by atoms with van der Waals surface area (Å²) in [5.74, 6) is 3.17. The van der Waals surface area contributed by atoms with Crippen LogP contribution < -0.4 is 11.1 Å². The van der Waals surface area contributed by atoms with E-state index in [2.05, 4.69) is 12.2 Å². The predicted octanol–water partition coefficient (Wildman–Crippen LogP) is 1.76. The molecule has 1 fully saturated rings. The molecule has 16 heavy (non-hydrogen) atoms. The van der Waals surface area contributed by atoms with Crippen LogP contribution in [0, 0.1) is 5.92 Å². The van der Waals surface area contributed by atoms with Crippen molar-refractivity contribution in [3.8, 4) is 0 Å². The van der Waals surface area contributed by atoms with Crippen molar-refractivity contribution >= 4 is 17.7 Å². The molecule has 1 heterocycles. The van der Waals surface area contributed by atoms with Crippen molar-refractivity contribution in [3.05, 3.63) is 0 Å². The Bertz CT molecular complexity index is 205. The average molecular weight is 244 g/mol. The summed E-state index contributed by atoms with van der Waals surface area (Å²) in [6.07, 6.45) is 4.91. The fraction of sp³-hybridized carbons (Fsp3) is 0.917. The van der Waals surface area contributed by atoms with E-state index in [4.69, 9.17) is 5.73 Å². The zero-order chi connectivity index (χ0) is 11.8. The number of carbonyl (C=O) groups is 1. The molecule has 0 saturated carbocycles. The van der Waals surface area contributed by atoms with Gasteiger partial charge in [0.15, 0.2) is 0 Å². The Morgan fingerprint density at radius 1 is 1.44 bits per heavy atom. The number of rotatable bonds is 6. The Labute approximate surface area is 103 Å². The number of hydrogen-bond acceptors (Lipinski definition) is 3. The van der Waals surface area contributed by atoms with Gasteiger partial charge >= 0.3 is 0 Å². The van der Waals surface area contributed by atoms with Gasteiger partial charge in [0.25, 0.3) is 0 Å². The molecule has 0 aliphatic carbocycles. The molecule has 0 aromatic heterocycles. The Hall–Kier alpha value is -0.220. The van der Waals surface area contributed by atoms with Crippen molar-refractivity contribution in [2.75, 3.05) is 18.1 Å². The van der Waals surface area contributed by atoms with E-state index >= 15 is 0 Å². The molecule has 1 saturated heterocycles. The molecule has 1 amide bonds. The maximum atomic E-state index is 11.7. The first kappa shape index (κ1) is 13.8. The fourth-order valence-corrected chi connectivity index (χ4v) is 3.05. The van der Waals surface area contributed by atoms with Gasteiger partial charge < -0.3 is 11.1 Å². The zero-order valence-electron chi connectivity index (χ0n) is 10.2. The van der Waals surface area contributed by atoms with Gasteiger partial charge in [0.2, 0.25) is 5.91 Å². The van der Waals surface area contributed by atoms with Gasteiger partial charge in [-0.25, -0.2) is 0 Å². The van der Waals surface area contributed by atoms with Crippen molar-refractivity contribution in [1.29, 1.82) is 0 Å². The third kappa shape index (κ3) is 5.75. The second-order valence-corrected chi connectivity index (χ2v) is 5.90. The summed E-state index contributed by atoms with van der Waals surface area (Å²) in [4.78, 5) is 11.7. The van der Waals surface area contributed by atoms with Gasteiger partial charge in [-0.05, 0) is 49.7 Å². The van der Waals surface area contributed by atoms with Crippen molar-refractivity contribution in [2.24, 2.45) is 11.7 Å². The molecule has 0 aromatic rings. The van der Waals surface area contributed by atoms with Crippen LogP contribution >= 0.6 is 11.8 Å². The Morgan fingerprint density at radius 2 is 2.12 bits per heavy atom. The molecule has 0 aromatic carbocycles. The van der Waals surface area contributed by atoms with Crippen LogP contribution in [0.25, 0.3) is 0 Å². The monoisotopic (exact) mass is 244 g/mol. The van der Waals surface area contributed by atoms with Gasteiger partial charge in [0, 0.05) is 12.5 Å². The van der Waals surface area contributed by atoms with Crippen LogP contribution in [0.1, 0.15) is 39.0 Å². The number of thioether (sulfide) groups is 1. The van der Waals surface area contributed by atoms with Crippen LogP contribution in [-0.2, 0) is 4.79 Å². The standard InChI is InChI=1S/C12H24N2OS/c1-10(4-7-13)2-3-12(15)14-11-5-8-16-9-6-11/h10-11H,2-9,13H2,1H3,(H,14,15). The molecule has 3 nitrogen and oxygen atoms in total. The quantitative estimate of drug-likeness (QED) is 0.748. The normalized spacial score (nSPS) is 19.4. The Morgan fingerprint density at radius 3 is 2.75 bits per heavy atom. The van der Waals surface area contributed by atoms with Crippen molar-refractivity contribution in [1.82, 2.24) is 5.32 Å². The van der Waals surface area contributed by atoms with Gasteiger partial charge in [-0.3, -0.25) is 4.79 Å². The summed E-state index contributed by atoms with van der Waals surface area (Å²) < 4.78 is 0. The maximum absolute atomic E-state index is 11.7. The first-order valence-corrected chi connectivity index (χ1v) is 7.45. The van der Waals surface area contributed by atoms with Crippen molar-refractivity contribution in [3.63, 3.8) is 0 Å². The fourth-order valence-electron chi connectivity index (χ4n) is 1.95. The van der Waals surface area contributed by atoms with Crippen LogP contribution in [0.4, 0.5) is 0 Å². The SMILES string of the molecule is CC(CCN)CCC(=O)NC1CCSCC1. The average Bonchev–Trinajstić information content (AvgIpc) is 2.28. The van der Waals surface area contributed by atoms with Gasteiger partial charge in [-0.15, -0.1) is 0 Å². The van der Waals surface area contributed by atoms with E-state index in [0.717, 1.165) is 32.2 Å². The summed E-state index contributed by atoms with van der Waals surface area (Å²) in [5.41, 5.74) is 5.48. The molecule has 0 radical (unpaired) electrons. The van der Waals surface area contributed by atoms with Crippen LogP contribution in [0.3, 0.4) is 0 Å². The smallest absolute Gasteiger partial charge is 0.220 e. The molecule has 0 bridgehead atoms. The van der Waals surface area contributed by atoms with E-state index in [1.165, 1.54) is 11.5 Å². The number of nitrogens with two attached hydrogens (primary N) is 1. The lowest BCUT2D eigenvalue weighted by Gasteiger charge is -2.22. The molecule has 1 aliphatic heterocycles. The minimum atomic E-state index is 0.223. The first-order chi connectivity index (χ1) is 7.72. The maximum Gasteiger partial charge on any atom is 0.220 e. The molecular formula is C12H24N2OS. The molecule has 1 atom stereocenters. The molecule has 0 spiro atoms. The minimum absolute atomic E-state index is 0.223. The summed E-state index contributed by atoms with van der Waals surface area (Å²) in [6, 6.07) is 0.429. The third-order valence-corrected chi connectivity index (χ3v) is 4.16. The number of nitrogens with one attached hydrogen (secondary N) is 1. The summed E-state index contributed by atoms with van der Waals surface area (Å²) in [5, 5.41) is 3.13. The molecule has 94 valence electrons. The molecular weight excluding hydrogens is 220 g/mol. The molecule has 1 rings (SSSR count). The van der Waals surface area contributed by atoms with Crippen LogP contribution in [0.2, 0.25) is 0 Å². The van der Waals surface area contributed by atoms with E-state index in [0.29, 0.717) is 18.4 Å². The largest absolute Gasteiger partial charge is 0.353 e. The number of amides is 1. The van der Waals surface area contributed by atoms with E-state index in [1.54, 1.807) is 0 Å². The topological polar surface area (TPSA) is 55.1 Å².